The molecule has 0 saturated carbocycles. The minimum atomic E-state index is -1.00. The number of carbonyl (C=O) groups excluding carboxylic acids is 2. The van der Waals surface area contributed by atoms with Crippen molar-refractivity contribution in [2.45, 2.75) is 26.2 Å². The van der Waals surface area contributed by atoms with Gasteiger partial charge in [0.05, 0.1) is 4.92 Å². The number of hydrazine groups is 1. The summed E-state index contributed by atoms with van der Waals surface area (Å²) in [5.41, 5.74) is 4.69. The number of carboxylic acids is 1. The van der Waals surface area contributed by atoms with Crippen LogP contribution < -0.4 is 10.9 Å². The zero-order valence-corrected chi connectivity index (χ0v) is 11.8. The SMILES string of the molecule is Cc1cc(C(=O)NNC(=O)CCCC(=O)O)ccc1[N+](=O)[O-]. The first kappa shape index (κ1) is 17.1. The molecular weight excluding hydrogens is 294 g/mol. The summed E-state index contributed by atoms with van der Waals surface area (Å²) < 4.78 is 0. The van der Waals surface area contributed by atoms with Gasteiger partial charge in [0.25, 0.3) is 11.6 Å². The standard InChI is InChI=1S/C13H15N3O6/c1-8-7-9(5-6-10(8)16(21)22)13(20)15-14-11(17)3-2-4-12(18)19/h5-7H,2-4H2,1H3,(H,14,17)(H,15,20)(H,18,19). The number of carboxylic acid groups (broad SMARTS) is 1. The summed E-state index contributed by atoms with van der Waals surface area (Å²) in [6, 6.07) is 3.82. The van der Waals surface area contributed by atoms with Gasteiger partial charge in [-0.1, -0.05) is 0 Å². The van der Waals surface area contributed by atoms with Crippen molar-refractivity contribution in [2.24, 2.45) is 0 Å². The molecule has 1 aromatic rings. The van der Waals surface area contributed by atoms with Gasteiger partial charge in [-0.25, -0.2) is 0 Å². The van der Waals surface area contributed by atoms with Crippen LogP contribution in [-0.2, 0) is 9.59 Å². The molecule has 1 aromatic carbocycles. The van der Waals surface area contributed by atoms with Gasteiger partial charge < -0.3 is 5.11 Å². The van der Waals surface area contributed by atoms with Gasteiger partial charge in [-0.15, -0.1) is 0 Å². The van der Waals surface area contributed by atoms with E-state index in [1.165, 1.54) is 25.1 Å². The Balaban J connectivity index is 2.52. The number of hydrogen-bond acceptors (Lipinski definition) is 5. The maximum absolute atomic E-state index is 11.8. The number of rotatable bonds is 6. The first-order valence-corrected chi connectivity index (χ1v) is 6.37. The molecule has 2 amide bonds. The Labute approximate surface area is 125 Å². The quantitative estimate of drug-likeness (QED) is 0.527. The van der Waals surface area contributed by atoms with Crippen molar-refractivity contribution < 1.29 is 24.4 Å². The fraction of sp³-hybridized carbons (Fsp3) is 0.308. The number of aryl methyl sites for hydroxylation is 1. The Bertz CT molecular complexity index is 614. The van der Waals surface area contributed by atoms with Crippen molar-refractivity contribution in [2.75, 3.05) is 0 Å². The zero-order valence-electron chi connectivity index (χ0n) is 11.8. The number of nitro groups is 1. The summed E-state index contributed by atoms with van der Waals surface area (Å²) in [6.45, 7) is 1.50. The molecule has 9 nitrogen and oxygen atoms in total. The molecule has 22 heavy (non-hydrogen) atoms. The Hall–Kier alpha value is -2.97. The second-order valence-electron chi connectivity index (χ2n) is 4.51. The molecule has 0 aliphatic carbocycles. The molecule has 3 N–H and O–H groups in total. The summed E-state index contributed by atoms with van der Waals surface area (Å²) in [4.78, 5) is 43.5. The maximum atomic E-state index is 11.8. The molecule has 0 fully saturated rings. The highest BCUT2D eigenvalue weighted by molar-refractivity contribution is 5.95. The molecule has 0 atom stereocenters. The largest absolute Gasteiger partial charge is 0.481 e. The fourth-order valence-electron chi connectivity index (χ4n) is 1.66. The number of benzene rings is 1. The highest BCUT2D eigenvalue weighted by Gasteiger charge is 2.14. The Kier molecular flexibility index (Phi) is 5.99. The molecule has 0 unspecified atom stereocenters. The van der Waals surface area contributed by atoms with E-state index in [1.54, 1.807) is 0 Å². The molecule has 0 bridgehead atoms. The van der Waals surface area contributed by atoms with E-state index in [9.17, 15) is 24.5 Å². The number of nitro benzene ring substituents is 1. The lowest BCUT2D eigenvalue weighted by Crippen LogP contribution is -2.41. The second kappa shape index (κ2) is 7.72. The van der Waals surface area contributed by atoms with Crippen LogP contribution in [0.5, 0.6) is 0 Å². The van der Waals surface area contributed by atoms with Crippen LogP contribution >= 0.6 is 0 Å². The van der Waals surface area contributed by atoms with Gasteiger partial charge in [-0.3, -0.25) is 35.3 Å². The molecule has 0 aliphatic rings. The van der Waals surface area contributed by atoms with Crippen LogP contribution in [0.25, 0.3) is 0 Å². The van der Waals surface area contributed by atoms with Gasteiger partial charge in [0, 0.05) is 30.0 Å². The number of aliphatic carboxylic acids is 1. The van der Waals surface area contributed by atoms with Crippen LogP contribution in [-0.4, -0.2) is 27.8 Å². The van der Waals surface area contributed by atoms with Crippen molar-refractivity contribution in [3.8, 4) is 0 Å². The summed E-state index contributed by atoms with van der Waals surface area (Å²) in [6.07, 6.45) is -0.0114. The summed E-state index contributed by atoms with van der Waals surface area (Å²) >= 11 is 0. The van der Waals surface area contributed by atoms with Crippen LogP contribution in [0, 0.1) is 17.0 Å². The number of nitrogens with one attached hydrogen (secondary N) is 2. The van der Waals surface area contributed by atoms with Gasteiger partial charge in [0.2, 0.25) is 5.91 Å². The normalized spacial score (nSPS) is 9.86. The van der Waals surface area contributed by atoms with Crippen molar-refractivity contribution in [1.82, 2.24) is 10.9 Å². The maximum Gasteiger partial charge on any atom is 0.303 e. The average Bonchev–Trinajstić information content (AvgIpc) is 2.43. The monoisotopic (exact) mass is 309 g/mol. The van der Waals surface area contributed by atoms with Crippen LogP contribution in [0.4, 0.5) is 5.69 Å². The number of carbonyl (C=O) groups is 3. The lowest BCUT2D eigenvalue weighted by molar-refractivity contribution is -0.385. The molecular formula is C13H15N3O6. The first-order chi connectivity index (χ1) is 10.3. The number of hydrogen-bond donors (Lipinski definition) is 3. The summed E-state index contributed by atoms with van der Waals surface area (Å²) in [5, 5.41) is 19.1. The van der Waals surface area contributed by atoms with Crippen molar-refractivity contribution in [1.29, 1.82) is 0 Å². The fourth-order valence-corrected chi connectivity index (χ4v) is 1.66. The van der Waals surface area contributed by atoms with Crippen molar-refractivity contribution in [3.05, 3.63) is 39.4 Å². The Morgan fingerprint density at radius 3 is 2.45 bits per heavy atom. The van der Waals surface area contributed by atoms with E-state index in [0.29, 0.717) is 5.56 Å². The highest BCUT2D eigenvalue weighted by atomic mass is 16.6. The number of amides is 2. The van der Waals surface area contributed by atoms with Gasteiger partial charge in [0.1, 0.15) is 0 Å². The van der Waals surface area contributed by atoms with Crippen LogP contribution in [0.2, 0.25) is 0 Å². The zero-order chi connectivity index (χ0) is 16.7. The van der Waals surface area contributed by atoms with E-state index >= 15 is 0 Å². The van der Waals surface area contributed by atoms with Crippen LogP contribution in [0.15, 0.2) is 18.2 Å². The van der Waals surface area contributed by atoms with Gasteiger partial charge in [-0.2, -0.15) is 0 Å². The van der Waals surface area contributed by atoms with E-state index in [1.807, 2.05) is 0 Å². The smallest absolute Gasteiger partial charge is 0.303 e. The average molecular weight is 309 g/mol. The van der Waals surface area contributed by atoms with E-state index in [4.69, 9.17) is 5.11 Å². The number of nitrogens with zero attached hydrogens (tertiary/aromatic N) is 1. The lowest BCUT2D eigenvalue weighted by atomic mass is 10.1. The molecule has 0 radical (unpaired) electrons. The van der Waals surface area contributed by atoms with Crippen LogP contribution in [0.3, 0.4) is 0 Å². The molecule has 118 valence electrons. The van der Waals surface area contributed by atoms with E-state index in [-0.39, 0.29) is 30.5 Å². The molecule has 9 heteroatoms. The minimum Gasteiger partial charge on any atom is -0.481 e. The second-order valence-corrected chi connectivity index (χ2v) is 4.51. The van der Waals surface area contributed by atoms with Crippen molar-refractivity contribution >= 4 is 23.5 Å². The molecule has 0 spiro atoms. The molecule has 0 aliphatic heterocycles. The summed E-state index contributed by atoms with van der Waals surface area (Å²) in [7, 11) is 0. The third kappa shape index (κ3) is 5.19. The first-order valence-electron chi connectivity index (χ1n) is 6.37. The van der Waals surface area contributed by atoms with E-state index in [0.717, 1.165) is 0 Å². The van der Waals surface area contributed by atoms with Crippen LogP contribution in [0.1, 0.15) is 35.2 Å². The Morgan fingerprint density at radius 1 is 1.23 bits per heavy atom. The topological polar surface area (TPSA) is 139 Å². The predicted molar refractivity (Wildman–Crippen MR) is 74.9 cm³/mol. The van der Waals surface area contributed by atoms with E-state index in [2.05, 4.69) is 10.9 Å². The highest BCUT2D eigenvalue weighted by Crippen LogP contribution is 2.18. The third-order valence-corrected chi connectivity index (χ3v) is 2.77. The Morgan fingerprint density at radius 2 is 1.91 bits per heavy atom. The molecule has 1 rings (SSSR count). The van der Waals surface area contributed by atoms with Gasteiger partial charge in [-0.05, 0) is 25.5 Å². The molecule has 0 heterocycles. The third-order valence-electron chi connectivity index (χ3n) is 2.77. The minimum absolute atomic E-state index is 0.0358. The van der Waals surface area contributed by atoms with Gasteiger partial charge in [0.15, 0.2) is 0 Å². The van der Waals surface area contributed by atoms with Crippen molar-refractivity contribution in [3.63, 3.8) is 0 Å². The molecule has 0 aromatic heterocycles. The lowest BCUT2D eigenvalue weighted by Gasteiger charge is -2.07. The molecule has 0 saturated heterocycles. The van der Waals surface area contributed by atoms with Gasteiger partial charge >= 0.3 is 5.97 Å². The summed E-state index contributed by atoms with van der Waals surface area (Å²) in [5.74, 6) is -2.14. The predicted octanol–water partition coefficient (Wildman–Crippen LogP) is 0.919. The van der Waals surface area contributed by atoms with E-state index < -0.39 is 22.7 Å².